The van der Waals surface area contributed by atoms with Crippen molar-refractivity contribution < 1.29 is 9.53 Å². The van der Waals surface area contributed by atoms with Gasteiger partial charge in [-0.2, -0.15) is 0 Å². The van der Waals surface area contributed by atoms with E-state index >= 15 is 0 Å². The predicted octanol–water partition coefficient (Wildman–Crippen LogP) is 1.64. The Hall–Kier alpha value is -0.280. The average molecular weight is 220 g/mol. The van der Waals surface area contributed by atoms with E-state index in [4.69, 9.17) is 16.3 Å². The molecule has 1 aliphatic rings. The second-order valence-corrected chi connectivity index (χ2v) is 3.84. The van der Waals surface area contributed by atoms with Gasteiger partial charge in [-0.15, -0.1) is 11.6 Å². The van der Waals surface area contributed by atoms with Crippen LogP contribution in [0.3, 0.4) is 0 Å². The molecular weight excluding hydrogens is 202 g/mol. The first-order chi connectivity index (χ1) is 6.79. The summed E-state index contributed by atoms with van der Waals surface area (Å²) in [5, 5.41) is 0. The molecule has 0 aromatic rings. The summed E-state index contributed by atoms with van der Waals surface area (Å²) in [7, 11) is 0. The van der Waals surface area contributed by atoms with Crippen LogP contribution in [0.15, 0.2) is 0 Å². The lowest BCUT2D eigenvalue weighted by Crippen LogP contribution is -2.46. The van der Waals surface area contributed by atoms with Gasteiger partial charge in [0.1, 0.15) is 6.61 Å². The maximum Gasteiger partial charge on any atom is 0.248 e. The summed E-state index contributed by atoms with van der Waals surface area (Å²) in [6, 6.07) is 0.221. The Morgan fingerprint density at radius 1 is 1.57 bits per heavy atom. The molecule has 0 aliphatic carbocycles. The molecule has 0 radical (unpaired) electrons. The van der Waals surface area contributed by atoms with Gasteiger partial charge < -0.3 is 9.64 Å². The van der Waals surface area contributed by atoms with E-state index in [2.05, 4.69) is 0 Å². The van der Waals surface area contributed by atoms with Crippen LogP contribution in [0.5, 0.6) is 0 Å². The molecule has 3 nitrogen and oxygen atoms in total. The van der Waals surface area contributed by atoms with Crippen molar-refractivity contribution in [3.8, 4) is 0 Å². The van der Waals surface area contributed by atoms with Crippen molar-refractivity contribution in [2.24, 2.45) is 0 Å². The fourth-order valence-corrected chi connectivity index (χ4v) is 2.08. The minimum absolute atomic E-state index is 0.0807. The lowest BCUT2D eigenvalue weighted by molar-refractivity contribution is -0.139. The summed E-state index contributed by atoms with van der Waals surface area (Å²) in [5.74, 6) is 0.620. The molecule has 82 valence electrons. The molecule has 0 aromatic heterocycles. The van der Waals surface area contributed by atoms with Gasteiger partial charge in [0.15, 0.2) is 0 Å². The molecule has 14 heavy (non-hydrogen) atoms. The van der Waals surface area contributed by atoms with Gasteiger partial charge in [0, 0.05) is 25.1 Å². The summed E-state index contributed by atoms with van der Waals surface area (Å²) in [4.78, 5) is 13.5. The first kappa shape index (κ1) is 11.8. The zero-order chi connectivity index (χ0) is 10.4. The van der Waals surface area contributed by atoms with Crippen LogP contribution in [-0.4, -0.2) is 42.5 Å². The Bertz CT molecular complexity index is 187. The monoisotopic (exact) mass is 219 g/mol. The van der Waals surface area contributed by atoms with Gasteiger partial charge in [0.05, 0.1) is 0 Å². The van der Waals surface area contributed by atoms with E-state index in [9.17, 15) is 4.79 Å². The van der Waals surface area contributed by atoms with E-state index in [0.29, 0.717) is 12.5 Å². The van der Waals surface area contributed by atoms with E-state index in [-0.39, 0.29) is 18.6 Å². The van der Waals surface area contributed by atoms with E-state index < -0.39 is 0 Å². The first-order valence-electron chi connectivity index (χ1n) is 5.22. The van der Waals surface area contributed by atoms with Crippen LogP contribution in [0, 0.1) is 0 Å². The van der Waals surface area contributed by atoms with Gasteiger partial charge >= 0.3 is 0 Å². The zero-order valence-electron chi connectivity index (χ0n) is 8.67. The molecule has 1 atom stereocenters. The smallest absolute Gasteiger partial charge is 0.248 e. The number of rotatable bonds is 4. The maximum atomic E-state index is 11.7. The summed E-state index contributed by atoms with van der Waals surface area (Å²) in [6.45, 7) is 3.51. The molecule has 0 aromatic carbocycles. The van der Waals surface area contributed by atoms with Crippen LogP contribution >= 0.6 is 11.6 Å². The predicted molar refractivity (Wildman–Crippen MR) is 56.6 cm³/mol. The third-order valence-corrected chi connectivity index (χ3v) is 2.91. The molecule has 0 saturated carbocycles. The second-order valence-electron chi connectivity index (χ2n) is 3.53. The number of piperidine rings is 1. The van der Waals surface area contributed by atoms with Gasteiger partial charge in [-0.3, -0.25) is 4.79 Å². The molecule has 1 unspecified atom stereocenters. The number of nitrogens with zero attached hydrogens (tertiary/aromatic N) is 1. The van der Waals surface area contributed by atoms with Gasteiger partial charge in [-0.05, 0) is 26.2 Å². The standard InChI is InChI=1S/C10H18ClNO2/c1-2-14-8-10(13)12-6-4-3-5-9(12)7-11/h9H,2-8H2,1H3. The molecular formula is C10H18ClNO2. The van der Waals surface area contributed by atoms with E-state index in [1.54, 1.807) is 0 Å². The molecule has 1 aliphatic heterocycles. The number of halogens is 1. The van der Waals surface area contributed by atoms with E-state index in [0.717, 1.165) is 19.4 Å². The summed E-state index contributed by atoms with van der Waals surface area (Å²) >= 11 is 5.82. The highest BCUT2D eigenvalue weighted by Crippen LogP contribution is 2.18. The van der Waals surface area contributed by atoms with Crippen LogP contribution in [0.2, 0.25) is 0 Å². The first-order valence-corrected chi connectivity index (χ1v) is 5.76. The average Bonchev–Trinajstić information content (AvgIpc) is 2.25. The van der Waals surface area contributed by atoms with E-state index in [1.165, 1.54) is 6.42 Å². The highest BCUT2D eigenvalue weighted by molar-refractivity contribution is 6.18. The van der Waals surface area contributed by atoms with Gasteiger partial charge in [-0.1, -0.05) is 0 Å². The Morgan fingerprint density at radius 3 is 3.00 bits per heavy atom. The van der Waals surface area contributed by atoms with Crippen LogP contribution < -0.4 is 0 Å². The van der Waals surface area contributed by atoms with Gasteiger partial charge in [0.25, 0.3) is 0 Å². The number of hydrogen-bond acceptors (Lipinski definition) is 2. The molecule has 1 fully saturated rings. The summed E-state index contributed by atoms with van der Waals surface area (Å²) in [5.41, 5.74) is 0. The Kier molecular flexibility index (Phi) is 5.26. The van der Waals surface area contributed by atoms with Crippen molar-refractivity contribution >= 4 is 17.5 Å². The van der Waals surface area contributed by atoms with Crippen molar-refractivity contribution in [2.75, 3.05) is 25.6 Å². The minimum atomic E-state index is 0.0807. The van der Waals surface area contributed by atoms with Crippen molar-refractivity contribution in [2.45, 2.75) is 32.2 Å². The van der Waals surface area contributed by atoms with Crippen molar-refractivity contribution in [3.05, 3.63) is 0 Å². The lowest BCUT2D eigenvalue weighted by atomic mass is 10.0. The SMILES string of the molecule is CCOCC(=O)N1CCCCC1CCl. The Balaban J connectivity index is 2.41. The molecule has 4 heteroatoms. The van der Waals surface area contributed by atoms with E-state index in [1.807, 2.05) is 11.8 Å². The van der Waals surface area contributed by atoms with Crippen molar-refractivity contribution in [1.29, 1.82) is 0 Å². The highest BCUT2D eigenvalue weighted by atomic mass is 35.5. The number of likely N-dealkylation sites (tertiary alicyclic amines) is 1. The molecule has 1 heterocycles. The molecule has 0 N–H and O–H groups in total. The zero-order valence-corrected chi connectivity index (χ0v) is 9.42. The summed E-state index contributed by atoms with van der Waals surface area (Å²) < 4.78 is 5.11. The normalized spacial score (nSPS) is 22.4. The minimum Gasteiger partial charge on any atom is -0.372 e. The number of alkyl halides is 1. The fourth-order valence-electron chi connectivity index (χ4n) is 1.76. The third-order valence-electron chi connectivity index (χ3n) is 2.56. The number of amides is 1. The lowest BCUT2D eigenvalue weighted by Gasteiger charge is -2.34. The molecule has 1 saturated heterocycles. The van der Waals surface area contributed by atoms with Crippen LogP contribution in [0.4, 0.5) is 0 Å². The number of hydrogen-bond donors (Lipinski definition) is 0. The molecule has 0 bridgehead atoms. The van der Waals surface area contributed by atoms with Gasteiger partial charge in [-0.25, -0.2) is 0 Å². The van der Waals surface area contributed by atoms with Gasteiger partial charge in [0.2, 0.25) is 5.91 Å². The number of ether oxygens (including phenoxy) is 1. The largest absolute Gasteiger partial charge is 0.372 e. The van der Waals surface area contributed by atoms with Crippen molar-refractivity contribution in [1.82, 2.24) is 4.90 Å². The van der Waals surface area contributed by atoms with Crippen LogP contribution in [0.1, 0.15) is 26.2 Å². The Morgan fingerprint density at radius 2 is 2.36 bits per heavy atom. The number of carbonyl (C=O) groups is 1. The quantitative estimate of drug-likeness (QED) is 0.673. The van der Waals surface area contributed by atoms with Crippen molar-refractivity contribution in [3.63, 3.8) is 0 Å². The Labute approximate surface area is 90.4 Å². The summed E-state index contributed by atoms with van der Waals surface area (Å²) in [6.07, 6.45) is 3.29. The van der Waals surface area contributed by atoms with Crippen LogP contribution in [0.25, 0.3) is 0 Å². The third kappa shape index (κ3) is 3.14. The topological polar surface area (TPSA) is 29.5 Å². The van der Waals surface area contributed by atoms with Crippen LogP contribution in [-0.2, 0) is 9.53 Å². The molecule has 0 spiro atoms. The molecule has 1 amide bonds. The maximum absolute atomic E-state index is 11.7. The fraction of sp³-hybridized carbons (Fsp3) is 0.900. The number of carbonyl (C=O) groups excluding carboxylic acids is 1. The highest BCUT2D eigenvalue weighted by Gasteiger charge is 2.25. The molecule has 1 rings (SSSR count). The second kappa shape index (κ2) is 6.25.